The fourth-order valence-corrected chi connectivity index (χ4v) is 1.52. The molecule has 0 unspecified atom stereocenters. The minimum atomic E-state index is 0.678. The Bertz CT molecular complexity index is 463. The fourth-order valence-electron chi connectivity index (χ4n) is 1.52. The monoisotopic (exact) mass is 217 g/mol. The molecule has 0 amide bonds. The van der Waals surface area contributed by atoms with Crippen LogP contribution in [0, 0.1) is 6.92 Å². The second-order valence-corrected chi connectivity index (χ2v) is 3.57. The molecule has 84 valence electrons. The molecule has 5 nitrogen and oxygen atoms in total. The molecule has 0 fully saturated rings. The lowest BCUT2D eigenvalue weighted by molar-refractivity contribution is 0.708. The normalized spacial score (nSPS) is 10.4. The Hall–Kier alpha value is -1.91. The van der Waals surface area contributed by atoms with Crippen molar-refractivity contribution in [3.8, 4) is 0 Å². The van der Waals surface area contributed by atoms with E-state index < -0.39 is 0 Å². The van der Waals surface area contributed by atoms with Crippen molar-refractivity contribution in [2.75, 3.05) is 5.32 Å². The maximum Gasteiger partial charge on any atom is 0.152 e. The van der Waals surface area contributed by atoms with E-state index in [1.807, 2.05) is 23.6 Å². The van der Waals surface area contributed by atoms with Crippen LogP contribution in [0.2, 0.25) is 0 Å². The molecular weight excluding hydrogens is 202 g/mol. The van der Waals surface area contributed by atoms with E-state index in [0.717, 1.165) is 23.8 Å². The second-order valence-electron chi connectivity index (χ2n) is 3.57. The number of nitrogens with one attached hydrogen (secondary N) is 1. The zero-order valence-corrected chi connectivity index (χ0v) is 9.51. The highest BCUT2D eigenvalue weighted by molar-refractivity contribution is 5.42. The first-order valence-electron chi connectivity index (χ1n) is 5.33. The molecule has 2 heterocycles. The summed E-state index contributed by atoms with van der Waals surface area (Å²) in [6.45, 7) is 5.61. The molecule has 2 aromatic rings. The summed E-state index contributed by atoms with van der Waals surface area (Å²) in [4.78, 5) is 4.15. The van der Waals surface area contributed by atoms with E-state index >= 15 is 0 Å². The summed E-state index contributed by atoms with van der Waals surface area (Å²) in [5.74, 6) is 0.942. The SMILES string of the molecule is CCn1cnnc1CNc1ccnc(C)c1. The number of pyridine rings is 1. The van der Waals surface area contributed by atoms with Gasteiger partial charge in [-0.15, -0.1) is 10.2 Å². The molecule has 0 bridgehead atoms. The van der Waals surface area contributed by atoms with Crippen molar-refractivity contribution in [1.82, 2.24) is 19.7 Å². The number of aromatic nitrogens is 4. The van der Waals surface area contributed by atoms with E-state index in [2.05, 4.69) is 27.4 Å². The average Bonchev–Trinajstić information content (AvgIpc) is 2.74. The summed E-state index contributed by atoms with van der Waals surface area (Å²) in [6.07, 6.45) is 3.54. The van der Waals surface area contributed by atoms with Gasteiger partial charge in [0, 0.05) is 24.1 Å². The average molecular weight is 217 g/mol. The molecule has 16 heavy (non-hydrogen) atoms. The maximum absolute atomic E-state index is 4.15. The smallest absolute Gasteiger partial charge is 0.152 e. The molecule has 2 rings (SSSR count). The molecule has 5 heteroatoms. The summed E-state index contributed by atoms with van der Waals surface area (Å²) in [7, 11) is 0. The molecule has 0 aliphatic rings. The van der Waals surface area contributed by atoms with Gasteiger partial charge in [-0.05, 0) is 26.0 Å². The summed E-state index contributed by atoms with van der Waals surface area (Å²) >= 11 is 0. The molecule has 0 atom stereocenters. The standard InChI is InChI=1S/C11H15N5/c1-3-16-8-14-15-11(16)7-13-10-4-5-12-9(2)6-10/h4-6,8H,3,7H2,1-2H3,(H,12,13). The lowest BCUT2D eigenvalue weighted by Crippen LogP contribution is -2.07. The van der Waals surface area contributed by atoms with Crippen molar-refractivity contribution >= 4 is 5.69 Å². The summed E-state index contributed by atoms with van der Waals surface area (Å²) < 4.78 is 2.01. The molecule has 0 aliphatic carbocycles. The van der Waals surface area contributed by atoms with Crippen LogP contribution in [0.25, 0.3) is 0 Å². The van der Waals surface area contributed by atoms with Gasteiger partial charge in [0.1, 0.15) is 6.33 Å². The van der Waals surface area contributed by atoms with Crippen LogP contribution in [0.3, 0.4) is 0 Å². The summed E-state index contributed by atoms with van der Waals surface area (Å²) in [6, 6.07) is 3.95. The van der Waals surface area contributed by atoms with Gasteiger partial charge in [-0.2, -0.15) is 0 Å². The van der Waals surface area contributed by atoms with Gasteiger partial charge < -0.3 is 9.88 Å². The minimum absolute atomic E-state index is 0.678. The zero-order chi connectivity index (χ0) is 11.4. The predicted molar refractivity (Wildman–Crippen MR) is 62.0 cm³/mol. The van der Waals surface area contributed by atoms with Crippen LogP contribution in [0.5, 0.6) is 0 Å². The van der Waals surface area contributed by atoms with E-state index in [0.29, 0.717) is 6.54 Å². The van der Waals surface area contributed by atoms with Crippen molar-refractivity contribution in [1.29, 1.82) is 0 Å². The largest absolute Gasteiger partial charge is 0.378 e. The van der Waals surface area contributed by atoms with E-state index in [4.69, 9.17) is 0 Å². The number of hydrogen-bond donors (Lipinski definition) is 1. The lowest BCUT2D eigenvalue weighted by atomic mass is 10.3. The van der Waals surface area contributed by atoms with Gasteiger partial charge in [-0.1, -0.05) is 0 Å². The van der Waals surface area contributed by atoms with Crippen LogP contribution in [0.1, 0.15) is 18.4 Å². The van der Waals surface area contributed by atoms with Gasteiger partial charge in [-0.25, -0.2) is 0 Å². The lowest BCUT2D eigenvalue weighted by Gasteiger charge is -2.07. The van der Waals surface area contributed by atoms with Crippen LogP contribution in [0.15, 0.2) is 24.7 Å². The predicted octanol–water partition coefficient (Wildman–Crippen LogP) is 1.61. The van der Waals surface area contributed by atoms with Crippen LogP contribution in [-0.2, 0) is 13.1 Å². The molecule has 0 aromatic carbocycles. The van der Waals surface area contributed by atoms with Crippen LogP contribution in [-0.4, -0.2) is 19.7 Å². The molecule has 0 saturated heterocycles. The molecule has 2 aromatic heterocycles. The quantitative estimate of drug-likeness (QED) is 0.845. The first kappa shape index (κ1) is 10.6. The third kappa shape index (κ3) is 2.36. The molecule has 0 aliphatic heterocycles. The minimum Gasteiger partial charge on any atom is -0.378 e. The van der Waals surface area contributed by atoms with Crippen LogP contribution in [0.4, 0.5) is 5.69 Å². The number of rotatable bonds is 4. The molecule has 0 radical (unpaired) electrons. The molecular formula is C11H15N5. The number of hydrogen-bond acceptors (Lipinski definition) is 4. The van der Waals surface area contributed by atoms with Gasteiger partial charge in [0.2, 0.25) is 0 Å². The van der Waals surface area contributed by atoms with Crippen molar-refractivity contribution in [3.05, 3.63) is 36.2 Å². The van der Waals surface area contributed by atoms with E-state index in [1.165, 1.54) is 0 Å². The third-order valence-electron chi connectivity index (χ3n) is 2.38. The highest BCUT2D eigenvalue weighted by Crippen LogP contribution is 2.08. The summed E-state index contributed by atoms with van der Waals surface area (Å²) in [5, 5.41) is 11.2. The van der Waals surface area contributed by atoms with Gasteiger partial charge in [0.15, 0.2) is 5.82 Å². The molecule has 0 saturated carbocycles. The Labute approximate surface area is 94.5 Å². The Balaban J connectivity index is 2.02. The van der Waals surface area contributed by atoms with Crippen LogP contribution >= 0.6 is 0 Å². The van der Waals surface area contributed by atoms with Crippen molar-refractivity contribution in [2.24, 2.45) is 0 Å². The van der Waals surface area contributed by atoms with Gasteiger partial charge >= 0.3 is 0 Å². The number of aryl methyl sites for hydroxylation is 2. The van der Waals surface area contributed by atoms with Crippen molar-refractivity contribution in [2.45, 2.75) is 26.9 Å². The Kier molecular flexibility index (Phi) is 3.14. The Morgan fingerprint density at radius 3 is 3.06 bits per heavy atom. The number of nitrogens with zero attached hydrogens (tertiary/aromatic N) is 4. The van der Waals surface area contributed by atoms with Gasteiger partial charge in [0.05, 0.1) is 6.54 Å². The summed E-state index contributed by atoms with van der Waals surface area (Å²) in [5.41, 5.74) is 2.06. The first-order valence-corrected chi connectivity index (χ1v) is 5.33. The van der Waals surface area contributed by atoms with Crippen molar-refractivity contribution in [3.63, 3.8) is 0 Å². The van der Waals surface area contributed by atoms with E-state index in [-0.39, 0.29) is 0 Å². The highest BCUT2D eigenvalue weighted by Gasteiger charge is 2.01. The second kappa shape index (κ2) is 4.74. The third-order valence-corrected chi connectivity index (χ3v) is 2.38. The number of anilines is 1. The highest BCUT2D eigenvalue weighted by atomic mass is 15.3. The maximum atomic E-state index is 4.15. The van der Waals surface area contributed by atoms with Gasteiger partial charge in [0.25, 0.3) is 0 Å². The Morgan fingerprint density at radius 1 is 1.44 bits per heavy atom. The molecule has 1 N–H and O–H groups in total. The first-order chi connectivity index (χ1) is 7.79. The van der Waals surface area contributed by atoms with E-state index in [9.17, 15) is 0 Å². The van der Waals surface area contributed by atoms with E-state index in [1.54, 1.807) is 12.5 Å². The fraction of sp³-hybridized carbons (Fsp3) is 0.364. The van der Waals surface area contributed by atoms with Crippen LogP contribution < -0.4 is 5.32 Å². The van der Waals surface area contributed by atoms with Crippen molar-refractivity contribution < 1.29 is 0 Å². The molecule has 0 spiro atoms. The van der Waals surface area contributed by atoms with Gasteiger partial charge in [-0.3, -0.25) is 4.98 Å². The Morgan fingerprint density at radius 2 is 2.31 bits per heavy atom. The topological polar surface area (TPSA) is 55.6 Å². The zero-order valence-electron chi connectivity index (χ0n) is 9.51.